The molecule has 2 heterocycles. The summed E-state index contributed by atoms with van der Waals surface area (Å²) in [5.74, 6) is 0.745. The van der Waals surface area contributed by atoms with Gasteiger partial charge < -0.3 is 14.7 Å². The molecule has 3 rings (SSSR count). The van der Waals surface area contributed by atoms with Crippen LogP contribution in [0.25, 0.3) is 0 Å². The van der Waals surface area contributed by atoms with Crippen LogP contribution in [0.2, 0.25) is 10.0 Å². The molecule has 124 valence electrons. The normalized spacial score (nSPS) is 27.0. The molecule has 5 nitrogen and oxygen atoms in total. The Balaban J connectivity index is 1.89. The number of aliphatic hydroxyl groups is 1. The predicted molar refractivity (Wildman–Crippen MR) is 89.9 cm³/mol. The van der Waals surface area contributed by atoms with E-state index < -0.39 is 6.04 Å². The van der Waals surface area contributed by atoms with Crippen molar-refractivity contribution in [1.29, 1.82) is 0 Å². The molecule has 1 amide bonds. The van der Waals surface area contributed by atoms with E-state index in [2.05, 4.69) is 4.99 Å². The number of halogens is 2. The molecule has 0 bridgehead atoms. The second-order valence-corrected chi connectivity index (χ2v) is 6.58. The number of carbonyl (C=O) groups excluding carboxylic acids is 1. The number of ether oxygens (including phenoxy) is 1. The van der Waals surface area contributed by atoms with Crippen LogP contribution in [-0.4, -0.2) is 54.5 Å². The van der Waals surface area contributed by atoms with Crippen LogP contribution in [0, 0.1) is 0 Å². The van der Waals surface area contributed by atoms with Gasteiger partial charge in [-0.3, -0.25) is 9.79 Å². The monoisotopic (exact) mass is 356 g/mol. The molecule has 1 aromatic rings. The molecule has 0 saturated carbocycles. The maximum absolute atomic E-state index is 12.3. The maximum atomic E-state index is 12.3. The zero-order chi connectivity index (χ0) is 16.6. The summed E-state index contributed by atoms with van der Waals surface area (Å²) in [7, 11) is 1.61. The van der Waals surface area contributed by atoms with Crippen LogP contribution in [0.1, 0.15) is 24.3 Å². The number of amides is 1. The Hall–Kier alpha value is -1.30. The fraction of sp³-hybridized carbons (Fsp3) is 0.500. The van der Waals surface area contributed by atoms with Crippen molar-refractivity contribution in [2.45, 2.75) is 30.8 Å². The van der Waals surface area contributed by atoms with Gasteiger partial charge >= 0.3 is 0 Å². The van der Waals surface area contributed by atoms with Crippen LogP contribution in [0.4, 0.5) is 0 Å². The summed E-state index contributed by atoms with van der Waals surface area (Å²) in [6.45, 7) is 0.346. The SMILES string of the molecule is COc1ccc(Cl)c(Cl)c1C1CCN2C(=O)[C@@H](CO)N=CC2C1. The molecule has 2 aliphatic rings. The molecule has 2 unspecified atom stereocenters. The molecule has 23 heavy (non-hydrogen) atoms. The molecule has 7 heteroatoms. The lowest BCUT2D eigenvalue weighted by Gasteiger charge is -2.41. The Morgan fingerprint density at radius 2 is 2.22 bits per heavy atom. The van der Waals surface area contributed by atoms with Crippen molar-refractivity contribution in [1.82, 2.24) is 4.90 Å². The van der Waals surface area contributed by atoms with Crippen LogP contribution in [0.5, 0.6) is 5.75 Å². The Kier molecular flexibility index (Phi) is 4.80. The highest BCUT2D eigenvalue weighted by Crippen LogP contribution is 2.43. The molecule has 0 aliphatic carbocycles. The number of rotatable bonds is 3. The highest BCUT2D eigenvalue weighted by atomic mass is 35.5. The molecular weight excluding hydrogens is 339 g/mol. The number of hydrogen-bond acceptors (Lipinski definition) is 4. The number of aliphatic imine (C=N–C) groups is 1. The van der Waals surface area contributed by atoms with E-state index in [1.165, 1.54) is 0 Å². The van der Waals surface area contributed by atoms with E-state index in [1.54, 1.807) is 24.3 Å². The Labute approximate surface area is 144 Å². The predicted octanol–water partition coefficient (Wildman–Crippen LogP) is 2.52. The van der Waals surface area contributed by atoms with Gasteiger partial charge in [0.05, 0.1) is 29.8 Å². The zero-order valence-electron chi connectivity index (χ0n) is 12.7. The third-order valence-corrected chi connectivity index (χ3v) is 5.36. The first-order valence-electron chi connectivity index (χ1n) is 7.53. The van der Waals surface area contributed by atoms with Gasteiger partial charge in [0.25, 0.3) is 0 Å². The summed E-state index contributed by atoms with van der Waals surface area (Å²) in [5.41, 5.74) is 0.895. The van der Waals surface area contributed by atoms with Crippen molar-refractivity contribution >= 4 is 35.3 Å². The molecule has 3 atom stereocenters. The molecule has 2 aliphatic heterocycles. The van der Waals surface area contributed by atoms with Gasteiger partial charge in [-0.05, 0) is 30.9 Å². The van der Waals surface area contributed by atoms with Crippen LogP contribution >= 0.6 is 23.2 Å². The van der Waals surface area contributed by atoms with Crippen molar-refractivity contribution < 1.29 is 14.6 Å². The number of carbonyl (C=O) groups is 1. The summed E-state index contributed by atoms with van der Waals surface area (Å²) in [5, 5.41) is 10.2. The van der Waals surface area contributed by atoms with Gasteiger partial charge in [-0.25, -0.2) is 0 Å². The summed E-state index contributed by atoms with van der Waals surface area (Å²) in [6.07, 6.45) is 3.24. The van der Waals surface area contributed by atoms with E-state index in [0.717, 1.165) is 12.0 Å². The third-order valence-electron chi connectivity index (χ3n) is 4.54. The van der Waals surface area contributed by atoms with Crippen molar-refractivity contribution in [3.8, 4) is 5.75 Å². The highest BCUT2D eigenvalue weighted by molar-refractivity contribution is 6.42. The number of methoxy groups -OCH3 is 1. The number of aliphatic hydroxyl groups excluding tert-OH is 1. The first-order chi connectivity index (χ1) is 11.1. The van der Waals surface area contributed by atoms with Crippen molar-refractivity contribution in [3.05, 3.63) is 27.7 Å². The van der Waals surface area contributed by atoms with Crippen molar-refractivity contribution in [2.24, 2.45) is 4.99 Å². The highest BCUT2D eigenvalue weighted by Gasteiger charge is 2.38. The second kappa shape index (κ2) is 6.67. The lowest BCUT2D eigenvalue weighted by Crippen LogP contribution is -2.53. The van der Waals surface area contributed by atoms with E-state index >= 15 is 0 Å². The molecule has 0 spiro atoms. The average Bonchev–Trinajstić information content (AvgIpc) is 2.57. The van der Waals surface area contributed by atoms with E-state index in [9.17, 15) is 9.90 Å². The van der Waals surface area contributed by atoms with Crippen LogP contribution < -0.4 is 4.74 Å². The number of nitrogens with zero attached hydrogens (tertiary/aromatic N) is 2. The minimum Gasteiger partial charge on any atom is -0.496 e. The quantitative estimate of drug-likeness (QED) is 0.904. The second-order valence-electron chi connectivity index (χ2n) is 5.79. The Morgan fingerprint density at radius 1 is 1.43 bits per heavy atom. The fourth-order valence-corrected chi connectivity index (χ4v) is 3.84. The van der Waals surface area contributed by atoms with Gasteiger partial charge in [-0.1, -0.05) is 23.2 Å². The minimum atomic E-state index is -0.660. The molecule has 0 radical (unpaired) electrons. The average molecular weight is 357 g/mol. The molecule has 1 N–H and O–H groups in total. The summed E-state index contributed by atoms with van der Waals surface area (Å²) in [4.78, 5) is 18.2. The van der Waals surface area contributed by atoms with Gasteiger partial charge in [0, 0.05) is 18.3 Å². The van der Waals surface area contributed by atoms with Gasteiger partial charge in [-0.2, -0.15) is 0 Å². The summed E-state index contributed by atoms with van der Waals surface area (Å²) in [6, 6.07) is 2.80. The standard InChI is InChI=1S/C16H18Cl2N2O3/c1-23-13-3-2-11(17)15(18)14(13)9-4-5-20-10(6-9)7-19-12(8-21)16(20)22/h2-3,7,9-10,12,21H,4-6,8H2,1H3/t9?,10?,12-/m1/s1. The first kappa shape index (κ1) is 16.6. The van der Waals surface area contributed by atoms with Crippen LogP contribution in [0.3, 0.4) is 0 Å². The zero-order valence-corrected chi connectivity index (χ0v) is 14.2. The summed E-state index contributed by atoms with van der Waals surface area (Å²) < 4.78 is 5.44. The van der Waals surface area contributed by atoms with Crippen molar-refractivity contribution in [3.63, 3.8) is 0 Å². The number of benzene rings is 1. The smallest absolute Gasteiger partial charge is 0.250 e. The number of hydrogen-bond donors (Lipinski definition) is 1. The van der Waals surface area contributed by atoms with E-state index in [1.807, 2.05) is 6.07 Å². The molecular formula is C16H18Cl2N2O3. The maximum Gasteiger partial charge on any atom is 0.250 e. The van der Waals surface area contributed by atoms with Gasteiger partial charge in [0.2, 0.25) is 5.91 Å². The lowest BCUT2D eigenvalue weighted by atomic mass is 9.84. The first-order valence-corrected chi connectivity index (χ1v) is 8.29. The van der Waals surface area contributed by atoms with E-state index in [4.69, 9.17) is 27.9 Å². The van der Waals surface area contributed by atoms with Gasteiger partial charge in [-0.15, -0.1) is 0 Å². The minimum absolute atomic E-state index is 0.0798. The molecule has 0 aromatic heterocycles. The van der Waals surface area contributed by atoms with E-state index in [-0.39, 0.29) is 24.5 Å². The van der Waals surface area contributed by atoms with Crippen LogP contribution in [0.15, 0.2) is 17.1 Å². The number of piperidine rings is 1. The van der Waals surface area contributed by atoms with Crippen molar-refractivity contribution in [2.75, 3.05) is 20.3 Å². The Morgan fingerprint density at radius 3 is 2.91 bits per heavy atom. The Bertz CT molecular complexity index is 650. The molecule has 1 aromatic carbocycles. The topological polar surface area (TPSA) is 62.1 Å². The number of fused-ring (bicyclic) bond motifs is 1. The molecule has 1 saturated heterocycles. The lowest BCUT2D eigenvalue weighted by molar-refractivity contribution is -0.136. The van der Waals surface area contributed by atoms with Gasteiger partial charge in [0.1, 0.15) is 5.75 Å². The largest absolute Gasteiger partial charge is 0.496 e. The third kappa shape index (κ3) is 2.93. The van der Waals surface area contributed by atoms with E-state index in [0.29, 0.717) is 28.8 Å². The fourth-order valence-electron chi connectivity index (χ4n) is 3.37. The molecule has 1 fully saturated rings. The summed E-state index contributed by atoms with van der Waals surface area (Å²) >= 11 is 12.6. The van der Waals surface area contributed by atoms with Gasteiger partial charge in [0.15, 0.2) is 6.04 Å². The van der Waals surface area contributed by atoms with Crippen LogP contribution in [-0.2, 0) is 4.79 Å².